The van der Waals surface area contributed by atoms with Gasteiger partial charge in [0.25, 0.3) is 0 Å². The summed E-state index contributed by atoms with van der Waals surface area (Å²) in [5, 5.41) is 14.9. The van der Waals surface area contributed by atoms with Crippen LogP contribution in [0.15, 0.2) is 25.8 Å². The van der Waals surface area contributed by atoms with Gasteiger partial charge in [0.1, 0.15) is 5.76 Å². The largest absolute Gasteiger partial charge is 0.450 e. The third-order valence-electron chi connectivity index (χ3n) is 2.46. The van der Waals surface area contributed by atoms with Crippen LogP contribution >= 0.6 is 43.5 Å². The summed E-state index contributed by atoms with van der Waals surface area (Å²) in [6.45, 7) is 2.73. The highest BCUT2D eigenvalue weighted by molar-refractivity contribution is 9.13. The second-order valence-electron chi connectivity index (χ2n) is 3.77. The zero-order valence-corrected chi connectivity index (χ0v) is 13.5. The quantitative estimate of drug-likeness (QED) is 0.842. The molecule has 2 heterocycles. The number of aliphatic hydroxyl groups is 1. The van der Waals surface area contributed by atoms with E-state index >= 15 is 0 Å². The lowest BCUT2D eigenvalue weighted by molar-refractivity contribution is 0.176. The Hall–Kier alpha value is -0.300. The number of furan rings is 1. The average molecular weight is 398 g/mol. The van der Waals surface area contributed by atoms with E-state index in [4.69, 9.17) is 16.0 Å². The fourth-order valence-electron chi connectivity index (χ4n) is 1.67. The summed E-state index contributed by atoms with van der Waals surface area (Å²) < 4.78 is 8.38. The first-order valence-electron chi connectivity index (χ1n) is 5.38. The van der Waals surface area contributed by atoms with Crippen LogP contribution in [0.2, 0.25) is 5.02 Å². The predicted octanol–water partition coefficient (Wildman–Crippen LogP) is 4.15. The Bertz CT molecular complexity index is 534. The molecule has 1 unspecified atom stereocenters. The Morgan fingerprint density at radius 2 is 2.28 bits per heavy atom. The molecule has 0 saturated heterocycles. The van der Waals surface area contributed by atoms with Crippen molar-refractivity contribution in [2.24, 2.45) is 0 Å². The molecule has 1 atom stereocenters. The van der Waals surface area contributed by atoms with E-state index in [1.807, 2.05) is 6.92 Å². The van der Waals surface area contributed by atoms with E-state index in [0.717, 1.165) is 10.9 Å². The number of aryl methyl sites for hydroxylation is 1. The SMILES string of the molecule is CCCn1ncc(Cl)c1C(O)c1cc(Br)c(Br)o1. The molecule has 0 aromatic carbocycles. The van der Waals surface area contributed by atoms with E-state index in [0.29, 0.717) is 27.7 Å². The maximum Gasteiger partial charge on any atom is 0.183 e. The van der Waals surface area contributed by atoms with E-state index in [-0.39, 0.29) is 0 Å². The topological polar surface area (TPSA) is 51.2 Å². The van der Waals surface area contributed by atoms with Crippen LogP contribution in [0, 0.1) is 0 Å². The van der Waals surface area contributed by atoms with Gasteiger partial charge in [0, 0.05) is 6.54 Å². The van der Waals surface area contributed by atoms with Crippen LogP contribution in [-0.4, -0.2) is 14.9 Å². The van der Waals surface area contributed by atoms with Crippen LogP contribution in [0.1, 0.15) is 30.9 Å². The summed E-state index contributed by atoms with van der Waals surface area (Å²) in [5.74, 6) is 0.411. The fraction of sp³-hybridized carbons (Fsp3) is 0.364. The van der Waals surface area contributed by atoms with Gasteiger partial charge in [0.2, 0.25) is 0 Å². The molecule has 2 aromatic heterocycles. The molecule has 0 radical (unpaired) electrons. The molecule has 0 spiro atoms. The number of hydrogen-bond donors (Lipinski definition) is 1. The van der Waals surface area contributed by atoms with Gasteiger partial charge in [0.05, 0.1) is 21.4 Å². The third-order valence-corrected chi connectivity index (χ3v) is 4.46. The number of hydrogen-bond acceptors (Lipinski definition) is 3. The van der Waals surface area contributed by atoms with Crippen LogP contribution in [0.4, 0.5) is 0 Å². The minimum atomic E-state index is -0.936. The normalized spacial score (nSPS) is 12.9. The molecule has 0 bridgehead atoms. The first-order valence-corrected chi connectivity index (χ1v) is 7.35. The molecule has 0 fully saturated rings. The van der Waals surface area contributed by atoms with E-state index in [1.165, 1.54) is 6.20 Å². The van der Waals surface area contributed by atoms with Crippen molar-refractivity contribution in [2.45, 2.75) is 26.0 Å². The monoisotopic (exact) mass is 396 g/mol. The zero-order chi connectivity index (χ0) is 13.3. The maximum absolute atomic E-state index is 10.3. The van der Waals surface area contributed by atoms with E-state index < -0.39 is 6.10 Å². The van der Waals surface area contributed by atoms with Crippen molar-refractivity contribution in [2.75, 3.05) is 0 Å². The van der Waals surface area contributed by atoms with Crippen LogP contribution < -0.4 is 0 Å². The lowest BCUT2D eigenvalue weighted by atomic mass is 10.2. The van der Waals surface area contributed by atoms with Gasteiger partial charge in [-0.3, -0.25) is 4.68 Å². The van der Waals surface area contributed by atoms with Crippen molar-refractivity contribution in [3.8, 4) is 0 Å². The van der Waals surface area contributed by atoms with Gasteiger partial charge in [-0.1, -0.05) is 18.5 Å². The number of rotatable bonds is 4. The van der Waals surface area contributed by atoms with Crippen molar-refractivity contribution in [1.82, 2.24) is 9.78 Å². The second-order valence-corrected chi connectivity index (χ2v) is 5.76. The van der Waals surface area contributed by atoms with Gasteiger partial charge in [-0.25, -0.2) is 0 Å². The Kier molecular flexibility index (Phi) is 4.53. The van der Waals surface area contributed by atoms with Crippen molar-refractivity contribution >= 4 is 43.5 Å². The van der Waals surface area contributed by atoms with Gasteiger partial charge in [-0.05, 0) is 44.3 Å². The molecule has 0 aliphatic rings. The lowest BCUT2D eigenvalue weighted by Crippen LogP contribution is -2.10. The summed E-state index contributed by atoms with van der Waals surface area (Å²) in [4.78, 5) is 0. The van der Waals surface area contributed by atoms with Crippen molar-refractivity contribution in [1.29, 1.82) is 0 Å². The molecule has 0 aliphatic carbocycles. The summed E-state index contributed by atoms with van der Waals surface area (Å²) in [6.07, 6.45) is 1.50. The molecule has 18 heavy (non-hydrogen) atoms. The van der Waals surface area contributed by atoms with E-state index in [1.54, 1.807) is 10.7 Å². The Morgan fingerprint density at radius 3 is 2.83 bits per heavy atom. The Labute approximate surface area is 126 Å². The highest BCUT2D eigenvalue weighted by Gasteiger charge is 2.23. The molecule has 0 amide bonds. The lowest BCUT2D eigenvalue weighted by Gasteiger charge is -2.11. The first kappa shape index (κ1) is 14.1. The van der Waals surface area contributed by atoms with Crippen molar-refractivity contribution in [3.63, 3.8) is 0 Å². The van der Waals surface area contributed by atoms with Crippen LogP contribution in [0.3, 0.4) is 0 Å². The number of aliphatic hydroxyl groups excluding tert-OH is 1. The molecule has 2 rings (SSSR count). The van der Waals surface area contributed by atoms with Crippen molar-refractivity contribution in [3.05, 3.63) is 37.9 Å². The molecule has 2 aromatic rings. The van der Waals surface area contributed by atoms with Gasteiger partial charge in [0.15, 0.2) is 10.8 Å². The molecule has 0 aliphatic heterocycles. The van der Waals surface area contributed by atoms with Gasteiger partial charge < -0.3 is 9.52 Å². The van der Waals surface area contributed by atoms with Gasteiger partial charge in [-0.15, -0.1) is 0 Å². The zero-order valence-electron chi connectivity index (χ0n) is 9.53. The Balaban J connectivity index is 2.38. The standard InChI is InChI=1S/C11H11Br2ClN2O2/c1-2-3-16-9(7(14)5-15-16)10(17)8-4-6(12)11(13)18-8/h4-5,10,17H,2-3H2,1H3. The highest BCUT2D eigenvalue weighted by Crippen LogP contribution is 2.34. The number of nitrogens with zero attached hydrogens (tertiary/aromatic N) is 2. The summed E-state index contributed by atoms with van der Waals surface area (Å²) in [6, 6.07) is 1.70. The van der Waals surface area contributed by atoms with Gasteiger partial charge >= 0.3 is 0 Å². The van der Waals surface area contributed by atoms with E-state index in [9.17, 15) is 5.11 Å². The van der Waals surface area contributed by atoms with Gasteiger partial charge in [-0.2, -0.15) is 5.10 Å². The summed E-state index contributed by atoms with van der Waals surface area (Å²) >= 11 is 12.6. The maximum atomic E-state index is 10.3. The molecule has 1 N–H and O–H groups in total. The smallest absolute Gasteiger partial charge is 0.183 e. The summed E-state index contributed by atoms with van der Waals surface area (Å²) in [7, 11) is 0. The molecular formula is C11H11Br2ClN2O2. The number of aromatic nitrogens is 2. The van der Waals surface area contributed by atoms with Crippen molar-refractivity contribution < 1.29 is 9.52 Å². The van der Waals surface area contributed by atoms with Crippen LogP contribution in [-0.2, 0) is 6.54 Å². The molecule has 98 valence electrons. The number of halogens is 3. The third kappa shape index (κ3) is 2.66. The Morgan fingerprint density at radius 1 is 1.56 bits per heavy atom. The molecule has 4 nitrogen and oxygen atoms in total. The molecule has 0 saturated carbocycles. The molecule has 7 heteroatoms. The minimum absolute atomic E-state index is 0.411. The first-order chi connectivity index (χ1) is 8.54. The minimum Gasteiger partial charge on any atom is -0.450 e. The van der Waals surface area contributed by atoms with Crippen LogP contribution in [0.5, 0.6) is 0 Å². The van der Waals surface area contributed by atoms with Crippen LogP contribution in [0.25, 0.3) is 0 Å². The summed E-state index contributed by atoms with van der Waals surface area (Å²) in [5.41, 5.74) is 0.548. The fourth-order valence-corrected chi connectivity index (χ4v) is 2.52. The predicted molar refractivity (Wildman–Crippen MR) is 75.7 cm³/mol. The van der Waals surface area contributed by atoms with E-state index in [2.05, 4.69) is 37.0 Å². The molecular weight excluding hydrogens is 387 g/mol. The second kappa shape index (κ2) is 5.77. The highest BCUT2D eigenvalue weighted by atomic mass is 79.9. The average Bonchev–Trinajstić information content (AvgIpc) is 2.84.